The Kier molecular flexibility index (Phi) is 3.55. The van der Waals surface area contributed by atoms with Crippen molar-refractivity contribution >= 4 is 26.8 Å². The second-order valence-electron chi connectivity index (χ2n) is 4.59. The van der Waals surface area contributed by atoms with Gasteiger partial charge in [-0.05, 0) is 30.3 Å². The fourth-order valence-electron chi connectivity index (χ4n) is 2.25. The molecule has 2 aromatic heterocycles. The molecule has 0 aliphatic heterocycles. The summed E-state index contributed by atoms with van der Waals surface area (Å²) in [6, 6.07) is 13.1. The molecule has 1 aromatic carbocycles. The van der Waals surface area contributed by atoms with E-state index >= 15 is 0 Å². The van der Waals surface area contributed by atoms with Crippen LogP contribution < -0.4 is 5.43 Å². The van der Waals surface area contributed by atoms with Crippen LogP contribution in [-0.2, 0) is 6.54 Å². The van der Waals surface area contributed by atoms with Crippen molar-refractivity contribution < 1.29 is 0 Å². The van der Waals surface area contributed by atoms with E-state index in [1.807, 2.05) is 41.0 Å². The lowest BCUT2D eigenvalue weighted by Crippen LogP contribution is -2.14. The zero-order valence-electron chi connectivity index (χ0n) is 11.0. The van der Waals surface area contributed by atoms with Gasteiger partial charge in [-0.2, -0.15) is 5.26 Å². The van der Waals surface area contributed by atoms with Gasteiger partial charge < -0.3 is 4.57 Å². The normalized spacial score (nSPS) is 10.5. The van der Waals surface area contributed by atoms with E-state index in [0.29, 0.717) is 11.9 Å². The number of rotatable bonds is 2. The maximum Gasteiger partial charge on any atom is 0.207 e. The maximum absolute atomic E-state index is 12.2. The third kappa shape index (κ3) is 2.58. The molecule has 5 heteroatoms. The summed E-state index contributed by atoms with van der Waals surface area (Å²) in [4.78, 5) is 16.5. The number of hydrogen-bond donors (Lipinski definition) is 0. The van der Waals surface area contributed by atoms with Crippen LogP contribution in [-0.4, -0.2) is 9.55 Å². The Labute approximate surface area is 129 Å². The summed E-state index contributed by atoms with van der Waals surface area (Å²) in [6.45, 7) is 0.508. The average Bonchev–Trinajstić information content (AvgIpc) is 2.51. The van der Waals surface area contributed by atoms with E-state index in [1.54, 1.807) is 18.5 Å². The van der Waals surface area contributed by atoms with Gasteiger partial charge in [0.15, 0.2) is 0 Å². The molecule has 3 rings (SSSR count). The number of nitriles is 1. The molecule has 0 saturated carbocycles. The van der Waals surface area contributed by atoms with Crippen LogP contribution in [0, 0.1) is 11.3 Å². The standard InChI is InChI=1S/C16H10BrN3O/c17-12-4-5-15-14(7-12)16(21)11(8-18)9-20(15)10-13-3-1-2-6-19-13/h1-7,9H,10H2. The van der Waals surface area contributed by atoms with Crippen molar-refractivity contribution in [1.82, 2.24) is 9.55 Å². The van der Waals surface area contributed by atoms with Gasteiger partial charge in [0.1, 0.15) is 11.6 Å². The van der Waals surface area contributed by atoms with Crippen molar-refractivity contribution in [3.63, 3.8) is 0 Å². The molecule has 0 spiro atoms. The molecule has 3 aromatic rings. The molecular weight excluding hydrogens is 330 g/mol. The molecule has 102 valence electrons. The second-order valence-corrected chi connectivity index (χ2v) is 5.51. The SMILES string of the molecule is N#Cc1cn(Cc2ccccn2)c2ccc(Br)cc2c1=O. The lowest BCUT2D eigenvalue weighted by Gasteiger charge is -2.11. The molecule has 21 heavy (non-hydrogen) atoms. The smallest absolute Gasteiger partial charge is 0.207 e. The monoisotopic (exact) mass is 339 g/mol. The number of benzene rings is 1. The van der Waals surface area contributed by atoms with Gasteiger partial charge in [-0.1, -0.05) is 22.0 Å². The van der Waals surface area contributed by atoms with E-state index in [2.05, 4.69) is 20.9 Å². The molecule has 0 amide bonds. The fraction of sp³-hybridized carbons (Fsp3) is 0.0625. The Bertz CT molecular complexity index is 910. The van der Waals surface area contributed by atoms with Crippen molar-refractivity contribution in [3.05, 3.63) is 74.7 Å². The number of halogens is 1. The minimum absolute atomic E-state index is 0.136. The lowest BCUT2D eigenvalue weighted by molar-refractivity contribution is 0.796. The van der Waals surface area contributed by atoms with Gasteiger partial charge in [-0.25, -0.2) is 0 Å². The van der Waals surface area contributed by atoms with Gasteiger partial charge in [0.25, 0.3) is 0 Å². The molecule has 0 fully saturated rings. The van der Waals surface area contributed by atoms with E-state index in [1.165, 1.54) is 0 Å². The third-order valence-corrected chi connectivity index (χ3v) is 3.71. The molecule has 0 aliphatic carbocycles. The van der Waals surface area contributed by atoms with Crippen molar-refractivity contribution in [2.75, 3.05) is 0 Å². The molecule has 0 saturated heterocycles. The Balaban J connectivity index is 2.25. The van der Waals surface area contributed by atoms with Crippen LogP contribution in [0.1, 0.15) is 11.3 Å². The number of fused-ring (bicyclic) bond motifs is 1. The summed E-state index contributed by atoms with van der Waals surface area (Å²) in [5, 5.41) is 9.67. The molecule has 2 heterocycles. The van der Waals surface area contributed by atoms with Gasteiger partial charge in [-0.3, -0.25) is 9.78 Å². The molecule has 0 radical (unpaired) electrons. The Morgan fingerprint density at radius 2 is 2.14 bits per heavy atom. The van der Waals surface area contributed by atoms with Crippen molar-refractivity contribution in [1.29, 1.82) is 5.26 Å². The minimum atomic E-state index is -0.244. The highest BCUT2D eigenvalue weighted by Gasteiger charge is 2.09. The van der Waals surface area contributed by atoms with Crippen LogP contribution in [0.2, 0.25) is 0 Å². The largest absolute Gasteiger partial charge is 0.340 e. The van der Waals surface area contributed by atoms with Gasteiger partial charge >= 0.3 is 0 Å². The topological polar surface area (TPSA) is 58.7 Å². The van der Waals surface area contributed by atoms with E-state index in [-0.39, 0.29) is 11.0 Å². The van der Waals surface area contributed by atoms with Gasteiger partial charge in [0, 0.05) is 22.3 Å². The predicted molar refractivity (Wildman–Crippen MR) is 84.0 cm³/mol. The summed E-state index contributed by atoms with van der Waals surface area (Å²) in [6.07, 6.45) is 3.31. The van der Waals surface area contributed by atoms with Gasteiger partial charge in [-0.15, -0.1) is 0 Å². The van der Waals surface area contributed by atoms with Crippen LogP contribution in [0.4, 0.5) is 0 Å². The first-order chi connectivity index (χ1) is 10.2. The van der Waals surface area contributed by atoms with Crippen LogP contribution in [0.25, 0.3) is 10.9 Å². The highest BCUT2D eigenvalue weighted by Crippen LogP contribution is 2.18. The summed E-state index contributed by atoms with van der Waals surface area (Å²) in [5.74, 6) is 0. The summed E-state index contributed by atoms with van der Waals surface area (Å²) in [5.41, 5.74) is 1.55. The molecule has 0 aliphatic rings. The highest BCUT2D eigenvalue weighted by atomic mass is 79.9. The highest BCUT2D eigenvalue weighted by molar-refractivity contribution is 9.10. The second kappa shape index (κ2) is 5.51. The minimum Gasteiger partial charge on any atom is -0.340 e. The van der Waals surface area contributed by atoms with E-state index < -0.39 is 0 Å². The number of aromatic nitrogens is 2. The van der Waals surface area contributed by atoms with Crippen LogP contribution in [0.5, 0.6) is 0 Å². The van der Waals surface area contributed by atoms with Crippen molar-refractivity contribution in [2.45, 2.75) is 6.54 Å². The van der Waals surface area contributed by atoms with Crippen LogP contribution >= 0.6 is 15.9 Å². The van der Waals surface area contributed by atoms with Crippen LogP contribution in [0.15, 0.2) is 58.1 Å². The zero-order valence-corrected chi connectivity index (χ0v) is 12.5. The third-order valence-electron chi connectivity index (χ3n) is 3.22. The van der Waals surface area contributed by atoms with Crippen molar-refractivity contribution in [3.8, 4) is 6.07 Å². The predicted octanol–water partition coefficient (Wildman–Crippen LogP) is 3.08. The summed E-state index contributed by atoms with van der Waals surface area (Å²) in [7, 11) is 0. The quantitative estimate of drug-likeness (QED) is 0.720. The molecule has 0 N–H and O–H groups in total. The maximum atomic E-state index is 12.2. The van der Waals surface area contributed by atoms with E-state index in [9.17, 15) is 4.79 Å². The fourth-order valence-corrected chi connectivity index (χ4v) is 2.61. The molecule has 0 bridgehead atoms. The van der Waals surface area contributed by atoms with E-state index in [4.69, 9.17) is 5.26 Å². The number of nitrogens with zero attached hydrogens (tertiary/aromatic N) is 3. The van der Waals surface area contributed by atoms with Gasteiger partial charge in [0.2, 0.25) is 5.43 Å². The Hall–Kier alpha value is -2.45. The summed E-state index contributed by atoms with van der Waals surface area (Å²) < 4.78 is 2.69. The molecule has 0 atom stereocenters. The molecule has 4 nitrogen and oxygen atoms in total. The summed E-state index contributed by atoms with van der Waals surface area (Å²) >= 11 is 3.36. The van der Waals surface area contributed by atoms with Crippen molar-refractivity contribution in [2.24, 2.45) is 0 Å². The van der Waals surface area contributed by atoms with Gasteiger partial charge in [0.05, 0.1) is 17.8 Å². The number of hydrogen-bond acceptors (Lipinski definition) is 3. The Morgan fingerprint density at radius 1 is 1.29 bits per heavy atom. The average molecular weight is 340 g/mol. The molecular formula is C16H10BrN3O. The first-order valence-electron chi connectivity index (χ1n) is 6.32. The number of pyridine rings is 2. The van der Waals surface area contributed by atoms with Crippen LogP contribution in [0.3, 0.4) is 0 Å². The Morgan fingerprint density at radius 3 is 2.86 bits per heavy atom. The first kappa shape index (κ1) is 13.5. The molecule has 0 unspecified atom stereocenters. The lowest BCUT2D eigenvalue weighted by atomic mass is 10.1. The first-order valence-corrected chi connectivity index (χ1v) is 7.11. The zero-order chi connectivity index (χ0) is 14.8. The van der Waals surface area contributed by atoms with E-state index in [0.717, 1.165) is 15.7 Å².